The largest absolute Gasteiger partial charge is 0.508 e. The molecule has 1 aliphatic carbocycles. The Kier molecular flexibility index (Phi) is 18.2. The number of carbonyl (C=O) groups excluding carboxylic acids is 2. The van der Waals surface area contributed by atoms with Crippen LogP contribution in [-0.2, 0) is 24.5 Å². The monoisotopic (exact) mass is 693 g/mol. The van der Waals surface area contributed by atoms with Gasteiger partial charge in [-0.3, -0.25) is 9.59 Å². The number of carbonyl (C=O) groups is 2. The lowest BCUT2D eigenvalue weighted by Crippen LogP contribution is -2.59. The van der Waals surface area contributed by atoms with E-state index in [-0.39, 0.29) is 36.3 Å². The first-order valence-corrected chi connectivity index (χ1v) is 20.2. The molecule has 0 radical (unpaired) electrons. The Balaban J connectivity index is 1.86. The zero-order valence-corrected chi connectivity index (χ0v) is 32.0. The zero-order chi connectivity index (χ0) is 36.2. The number of benzene rings is 2. The summed E-state index contributed by atoms with van der Waals surface area (Å²) in [6, 6.07) is 10.9. The predicted octanol–water partition coefficient (Wildman–Crippen LogP) is 12.2. The molecule has 6 heteroatoms. The van der Waals surface area contributed by atoms with Gasteiger partial charge in [-0.2, -0.15) is 0 Å². The van der Waals surface area contributed by atoms with E-state index in [2.05, 4.69) is 13.8 Å². The van der Waals surface area contributed by atoms with Crippen LogP contribution in [0.5, 0.6) is 11.5 Å². The Bertz CT molecular complexity index is 1210. The van der Waals surface area contributed by atoms with Crippen molar-refractivity contribution in [2.45, 2.75) is 193 Å². The molecular weight excluding hydrogens is 624 g/mol. The molecule has 3 rings (SSSR count). The first-order chi connectivity index (χ1) is 24.2. The van der Waals surface area contributed by atoms with Crippen molar-refractivity contribution in [2.24, 2.45) is 0 Å². The summed E-state index contributed by atoms with van der Waals surface area (Å²) < 4.78 is 13.1. The number of hydrogen-bond donors (Lipinski definition) is 2. The van der Waals surface area contributed by atoms with E-state index < -0.39 is 11.2 Å². The molecule has 1 saturated carbocycles. The summed E-state index contributed by atoms with van der Waals surface area (Å²) in [6.45, 7) is 8.17. The van der Waals surface area contributed by atoms with Gasteiger partial charge in [-0.25, -0.2) is 0 Å². The van der Waals surface area contributed by atoms with Crippen LogP contribution in [0.15, 0.2) is 36.4 Å². The molecule has 1 aliphatic rings. The van der Waals surface area contributed by atoms with Gasteiger partial charge in [-0.15, -0.1) is 0 Å². The summed E-state index contributed by atoms with van der Waals surface area (Å²) in [5, 5.41) is 21.0. The Morgan fingerprint density at radius 1 is 0.560 bits per heavy atom. The number of aryl methyl sites for hydroxylation is 2. The first kappa shape index (κ1) is 41.4. The fourth-order valence-corrected chi connectivity index (χ4v) is 7.82. The van der Waals surface area contributed by atoms with Crippen LogP contribution in [0.25, 0.3) is 0 Å². The van der Waals surface area contributed by atoms with Gasteiger partial charge in [-0.1, -0.05) is 147 Å². The zero-order valence-electron chi connectivity index (χ0n) is 32.0. The number of hydrogen-bond acceptors (Lipinski definition) is 6. The molecule has 6 nitrogen and oxygen atoms in total. The molecule has 0 saturated heterocycles. The van der Waals surface area contributed by atoms with E-state index in [0.717, 1.165) is 62.5 Å². The Hall–Kier alpha value is -3.02. The smallest absolute Gasteiger partial charge is 0.309 e. The minimum absolute atomic E-state index is 0.178. The van der Waals surface area contributed by atoms with Crippen molar-refractivity contribution in [1.82, 2.24) is 0 Å². The molecule has 0 aromatic heterocycles. The fourth-order valence-electron chi connectivity index (χ4n) is 7.82. The van der Waals surface area contributed by atoms with Gasteiger partial charge in [0, 0.05) is 19.3 Å². The van der Waals surface area contributed by atoms with Crippen LogP contribution in [-0.4, -0.2) is 27.9 Å². The fraction of sp³-hybridized carbons (Fsp3) is 0.682. The second-order valence-electron chi connectivity index (χ2n) is 15.0. The Labute approximate surface area is 303 Å². The molecule has 0 bridgehead atoms. The van der Waals surface area contributed by atoms with Gasteiger partial charge >= 0.3 is 11.9 Å². The quantitative estimate of drug-likeness (QED) is 0.0646. The highest BCUT2D eigenvalue weighted by Crippen LogP contribution is 2.55. The van der Waals surface area contributed by atoms with Gasteiger partial charge in [0.05, 0.1) is 5.41 Å². The van der Waals surface area contributed by atoms with E-state index in [1.54, 1.807) is 12.1 Å². The Morgan fingerprint density at radius 2 is 0.920 bits per heavy atom. The molecule has 50 heavy (non-hydrogen) atoms. The van der Waals surface area contributed by atoms with Gasteiger partial charge < -0.3 is 19.7 Å². The third-order valence-electron chi connectivity index (χ3n) is 10.9. The second kappa shape index (κ2) is 22.0. The maximum absolute atomic E-state index is 13.8. The van der Waals surface area contributed by atoms with Crippen molar-refractivity contribution in [3.63, 3.8) is 0 Å². The maximum atomic E-state index is 13.8. The van der Waals surface area contributed by atoms with Crippen molar-refractivity contribution in [3.05, 3.63) is 58.7 Å². The van der Waals surface area contributed by atoms with Crippen LogP contribution in [0.4, 0.5) is 0 Å². The number of ether oxygens (including phenoxy) is 2. The average Bonchev–Trinajstić information content (AvgIpc) is 3.09. The van der Waals surface area contributed by atoms with Crippen LogP contribution in [0.2, 0.25) is 0 Å². The lowest BCUT2D eigenvalue weighted by Gasteiger charge is -2.52. The summed E-state index contributed by atoms with van der Waals surface area (Å²) in [5.41, 5.74) is 2.01. The van der Waals surface area contributed by atoms with Crippen LogP contribution < -0.4 is 0 Å². The number of esters is 2. The van der Waals surface area contributed by atoms with Gasteiger partial charge in [0.25, 0.3) is 5.79 Å². The molecular formula is C44H68O6. The molecule has 0 unspecified atom stereocenters. The first-order valence-electron chi connectivity index (χ1n) is 20.2. The molecule has 2 aromatic rings. The number of phenols is 2. The van der Waals surface area contributed by atoms with E-state index in [9.17, 15) is 19.8 Å². The number of aromatic hydroxyl groups is 2. The lowest BCUT2D eigenvalue weighted by molar-refractivity contribution is -0.260. The van der Waals surface area contributed by atoms with Gasteiger partial charge in [-0.05, 0) is 73.9 Å². The molecule has 0 amide bonds. The standard InChI is InChI=1S/C44H68O6/c1-5-7-9-11-13-15-17-19-21-25-41(47)49-44(50-42(48)26-22-20-18-16-14-12-10-8-6-2)32-24-23-31-43(44,37-27-29-39(45)35(3)33-37)38-28-30-40(46)36(4)34-38/h27-30,33-34,45-46H,5-26,31-32H2,1-4H3. The summed E-state index contributed by atoms with van der Waals surface area (Å²) in [6.07, 6.45) is 23.8. The van der Waals surface area contributed by atoms with Crippen molar-refractivity contribution in [3.8, 4) is 11.5 Å². The van der Waals surface area contributed by atoms with E-state index in [4.69, 9.17) is 9.47 Å². The highest BCUT2D eigenvalue weighted by atomic mass is 16.7. The van der Waals surface area contributed by atoms with Gasteiger partial charge in [0.2, 0.25) is 0 Å². The van der Waals surface area contributed by atoms with Gasteiger partial charge in [0.1, 0.15) is 11.5 Å². The van der Waals surface area contributed by atoms with Crippen LogP contribution in [0, 0.1) is 13.8 Å². The van der Waals surface area contributed by atoms with E-state index in [0.29, 0.717) is 24.0 Å². The van der Waals surface area contributed by atoms with Gasteiger partial charge in [0.15, 0.2) is 0 Å². The third-order valence-corrected chi connectivity index (χ3v) is 10.9. The summed E-state index contributed by atoms with van der Waals surface area (Å²) >= 11 is 0. The molecule has 0 spiro atoms. The molecule has 0 heterocycles. The molecule has 280 valence electrons. The van der Waals surface area contributed by atoms with Crippen molar-refractivity contribution in [2.75, 3.05) is 0 Å². The van der Waals surface area contributed by atoms with Crippen LogP contribution >= 0.6 is 0 Å². The van der Waals surface area contributed by atoms with Crippen molar-refractivity contribution < 1.29 is 29.3 Å². The molecule has 2 aromatic carbocycles. The topological polar surface area (TPSA) is 93.1 Å². The SMILES string of the molecule is CCCCCCCCCCCC(=O)OC1(OC(=O)CCCCCCCCCCC)CCCCC1(c1ccc(O)c(C)c1)c1ccc(O)c(C)c1. The maximum Gasteiger partial charge on any atom is 0.309 e. The summed E-state index contributed by atoms with van der Waals surface area (Å²) in [7, 11) is 0. The summed E-state index contributed by atoms with van der Waals surface area (Å²) in [5.74, 6) is -1.90. The molecule has 0 atom stereocenters. The van der Waals surface area contributed by atoms with Crippen LogP contribution in [0.1, 0.15) is 190 Å². The summed E-state index contributed by atoms with van der Waals surface area (Å²) in [4.78, 5) is 27.7. The highest BCUT2D eigenvalue weighted by Gasteiger charge is 2.61. The predicted molar refractivity (Wildman–Crippen MR) is 204 cm³/mol. The highest BCUT2D eigenvalue weighted by molar-refractivity contribution is 5.73. The Morgan fingerprint density at radius 3 is 1.30 bits per heavy atom. The molecule has 0 aliphatic heterocycles. The van der Waals surface area contributed by atoms with Crippen molar-refractivity contribution >= 4 is 11.9 Å². The average molecular weight is 693 g/mol. The minimum Gasteiger partial charge on any atom is -0.508 e. The van der Waals surface area contributed by atoms with E-state index in [1.165, 1.54) is 77.0 Å². The number of phenolic OH excluding ortho intramolecular Hbond substituents is 2. The number of unbranched alkanes of at least 4 members (excludes halogenated alkanes) is 16. The lowest BCUT2D eigenvalue weighted by atomic mass is 9.60. The van der Waals surface area contributed by atoms with E-state index >= 15 is 0 Å². The minimum atomic E-state index is -1.56. The van der Waals surface area contributed by atoms with Crippen molar-refractivity contribution in [1.29, 1.82) is 0 Å². The van der Waals surface area contributed by atoms with Crippen LogP contribution in [0.3, 0.4) is 0 Å². The number of rotatable bonds is 24. The van der Waals surface area contributed by atoms with E-state index in [1.807, 2.05) is 38.1 Å². The molecule has 2 N–H and O–H groups in total. The second-order valence-corrected chi connectivity index (χ2v) is 15.0. The molecule has 1 fully saturated rings. The third kappa shape index (κ3) is 12.0. The normalized spacial score (nSPS) is 15.1.